The zero-order valence-electron chi connectivity index (χ0n) is 12.9. The van der Waals surface area contributed by atoms with Gasteiger partial charge in [0.15, 0.2) is 0 Å². The van der Waals surface area contributed by atoms with Gasteiger partial charge in [0, 0.05) is 24.8 Å². The molecule has 0 bridgehead atoms. The normalized spacial score (nSPS) is 15.9. The topological polar surface area (TPSA) is 64.1 Å². The number of ether oxygens (including phenoxy) is 1. The van der Waals surface area contributed by atoms with E-state index >= 15 is 0 Å². The lowest BCUT2D eigenvalue weighted by atomic mass is 10.2. The van der Waals surface area contributed by atoms with Crippen molar-refractivity contribution in [3.8, 4) is 0 Å². The minimum atomic E-state index is -0.339. The number of hydrogen-bond acceptors (Lipinski definition) is 5. The second-order valence-electron chi connectivity index (χ2n) is 4.96. The maximum absolute atomic E-state index is 12.2. The number of carbonyl (C=O) groups excluding carboxylic acids is 1. The first kappa shape index (κ1) is 20.7. The molecule has 0 spiro atoms. The molecule has 1 N–H and O–H groups in total. The number of thioether (sulfide) groups is 1. The van der Waals surface area contributed by atoms with Crippen LogP contribution in [0.15, 0.2) is 47.8 Å². The Bertz CT molecular complexity index is 640. The monoisotopic (exact) mass is 387 g/mol. The maximum Gasteiger partial charge on any atom is 0.253 e. The highest BCUT2D eigenvalue weighted by Crippen LogP contribution is 2.27. The Labute approximate surface area is 157 Å². The van der Waals surface area contributed by atoms with E-state index in [0.717, 1.165) is 29.2 Å². The Hall–Kier alpha value is -1.34. The van der Waals surface area contributed by atoms with Gasteiger partial charge in [-0.2, -0.15) is 0 Å². The van der Waals surface area contributed by atoms with E-state index < -0.39 is 0 Å². The first-order valence-electron chi connectivity index (χ1n) is 7.23. The molecule has 1 aliphatic heterocycles. The van der Waals surface area contributed by atoms with E-state index in [1.165, 1.54) is 0 Å². The number of carbonyl (C=O) groups is 1. The lowest BCUT2D eigenvalue weighted by molar-refractivity contribution is -0.124. The van der Waals surface area contributed by atoms with Crippen molar-refractivity contribution in [3.05, 3.63) is 48.4 Å². The molecule has 0 aromatic carbocycles. The van der Waals surface area contributed by atoms with Crippen LogP contribution in [0.3, 0.4) is 0 Å². The van der Waals surface area contributed by atoms with Crippen LogP contribution in [0.2, 0.25) is 0 Å². The molecule has 3 rings (SSSR count). The summed E-state index contributed by atoms with van der Waals surface area (Å²) in [5, 5.41) is 3.71. The van der Waals surface area contributed by atoms with Crippen LogP contribution in [0.5, 0.6) is 0 Å². The second kappa shape index (κ2) is 10.5. The van der Waals surface area contributed by atoms with E-state index in [0.29, 0.717) is 12.4 Å². The molecule has 1 unspecified atom stereocenters. The van der Waals surface area contributed by atoms with Crippen LogP contribution in [0.25, 0.3) is 0 Å². The van der Waals surface area contributed by atoms with Crippen LogP contribution in [0.4, 0.5) is 5.69 Å². The maximum atomic E-state index is 12.2. The molecule has 2 aromatic rings. The summed E-state index contributed by atoms with van der Waals surface area (Å²) in [6, 6.07) is 9.50. The number of pyridine rings is 2. The largest absolute Gasteiger partial charge is 0.368 e. The lowest BCUT2D eigenvalue weighted by Gasteiger charge is -2.12. The van der Waals surface area contributed by atoms with Gasteiger partial charge in [-0.05, 0) is 37.1 Å². The van der Waals surface area contributed by atoms with Crippen molar-refractivity contribution < 1.29 is 9.53 Å². The van der Waals surface area contributed by atoms with Gasteiger partial charge in [0.1, 0.15) is 11.1 Å². The molecule has 1 amide bonds. The zero-order chi connectivity index (χ0) is 15.2. The average Bonchev–Trinajstić information content (AvgIpc) is 3.10. The first-order valence-corrected chi connectivity index (χ1v) is 8.22. The molecule has 1 fully saturated rings. The number of anilines is 1. The molecular weight excluding hydrogens is 369 g/mol. The average molecular weight is 388 g/mol. The summed E-state index contributed by atoms with van der Waals surface area (Å²) in [6.45, 7) is 0.659. The Morgan fingerprint density at radius 3 is 2.75 bits per heavy atom. The quantitative estimate of drug-likeness (QED) is 0.791. The minimum absolute atomic E-state index is 0. The van der Waals surface area contributed by atoms with E-state index in [-0.39, 0.29) is 36.8 Å². The highest BCUT2D eigenvalue weighted by molar-refractivity contribution is 7.98. The summed E-state index contributed by atoms with van der Waals surface area (Å²) < 4.78 is 5.41. The van der Waals surface area contributed by atoms with Gasteiger partial charge in [0.05, 0.1) is 11.4 Å². The van der Waals surface area contributed by atoms with Crippen LogP contribution in [-0.4, -0.2) is 28.6 Å². The Morgan fingerprint density at radius 1 is 1.21 bits per heavy atom. The fourth-order valence-electron chi connectivity index (χ4n) is 2.22. The second-order valence-corrected chi connectivity index (χ2v) is 5.92. The van der Waals surface area contributed by atoms with Crippen molar-refractivity contribution in [1.82, 2.24) is 9.97 Å². The molecule has 24 heavy (non-hydrogen) atoms. The first-order chi connectivity index (χ1) is 10.8. The molecule has 5 nitrogen and oxygen atoms in total. The number of nitrogens with one attached hydrogen (secondary N) is 1. The molecule has 1 aliphatic rings. The molecule has 1 atom stereocenters. The number of amides is 1. The van der Waals surface area contributed by atoms with Gasteiger partial charge in [0.25, 0.3) is 5.91 Å². The van der Waals surface area contributed by atoms with E-state index in [1.807, 2.05) is 30.3 Å². The van der Waals surface area contributed by atoms with E-state index in [2.05, 4.69) is 15.3 Å². The van der Waals surface area contributed by atoms with Crippen molar-refractivity contribution in [2.24, 2.45) is 0 Å². The summed E-state index contributed by atoms with van der Waals surface area (Å²) in [5.41, 5.74) is 1.71. The Kier molecular flexibility index (Phi) is 9.07. The highest BCUT2D eigenvalue weighted by Gasteiger charge is 2.24. The van der Waals surface area contributed by atoms with Gasteiger partial charge in [-0.3, -0.25) is 9.78 Å². The number of hydrogen-bond donors (Lipinski definition) is 1. The van der Waals surface area contributed by atoms with Gasteiger partial charge in [0.2, 0.25) is 0 Å². The molecule has 0 radical (unpaired) electrons. The zero-order valence-corrected chi connectivity index (χ0v) is 15.3. The third-order valence-electron chi connectivity index (χ3n) is 3.33. The molecule has 8 heteroatoms. The summed E-state index contributed by atoms with van der Waals surface area (Å²) in [5.74, 6) is 0.617. The van der Waals surface area contributed by atoms with Crippen molar-refractivity contribution >= 4 is 48.2 Å². The number of halogens is 2. The van der Waals surface area contributed by atoms with E-state index in [1.54, 1.807) is 24.2 Å². The molecule has 1 saturated heterocycles. The molecule has 3 heterocycles. The van der Waals surface area contributed by atoms with Crippen LogP contribution in [-0.2, 0) is 15.3 Å². The van der Waals surface area contributed by atoms with Gasteiger partial charge in [-0.1, -0.05) is 17.8 Å². The van der Waals surface area contributed by atoms with Crippen molar-refractivity contribution in [2.45, 2.75) is 29.7 Å². The predicted molar refractivity (Wildman–Crippen MR) is 100 cm³/mol. The van der Waals surface area contributed by atoms with Crippen LogP contribution in [0.1, 0.15) is 18.5 Å². The van der Waals surface area contributed by atoms with E-state index in [9.17, 15) is 4.79 Å². The molecular formula is C16H19Cl2N3O2S. The van der Waals surface area contributed by atoms with Crippen LogP contribution in [0, 0.1) is 0 Å². The Morgan fingerprint density at radius 2 is 2.04 bits per heavy atom. The summed E-state index contributed by atoms with van der Waals surface area (Å²) in [6.07, 6.45) is 4.88. The fourth-order valence-corrected chi connectivity index (χ4v) is 3.09. The van der Waals surface area contributed by atoms with Crippen molar-refractivity contribution in [1.29, 1.82) is 0 Å². The molecule has 2 aromatic heterocycles. The van der Waals surface area contributed by atoms with Crippen molar-refractivity contribution in [2.75, 3.05) is 11.9 Å². The third kappa shape index (κ3) is 5.63. The summed E-state index contributed by atoms with van der Waals surface area (Å²) in [4.78, 5) is 20.8. The predicted octanol–water partition coefficient (Wildman–Crippen LogP) is 3.73. The van der Waals surface area contributed by atoms with Gasteiger partial charge < -0.3 is 10.1 Å². The Balaban J connectivity index is 0.00000144. The fraction of sp³-hybridized carbons (Fsp3) is 0.312. The third-order valence-corrected chi connectivity index (χ3v) is 4.37. The number of nitrogens with zero attached hydrogens (tertiary/aromatic N) is 2. The van der Waals surface area contributed by atoms with Gasteiger partial charge >= 0.3 is 0 Å². The lowest BCUT2D eigenvalue weighted by Crippen LogP contribution is -2.27. The summed E-state index contributed by atoms with van der Waals surface area (Å²) >= 11 is 1.56. The highest BCUT2D eigenvalue weighted by atomic mass is 35.5. The van der Waals surface area contributed by atoms with Gasteiger partial charge in [-0.15, -0.1) is 24.8 Å². The van der Waals surface area contributed by atoms with Gasteiger partial charge in [-0.25, -0.2) is 4.98 Å². The standard InChI is InChI=1S/C16H17N3O2S.2ClH/c20-15(14-7-4-10-21-14)19-13-6-3-9-18-16(13)22-11-12-5-1-2-8-17-12;;/h1-3,5-6,8-9,14H,4,7,10-11H2,(H,19,20);2*1H. The molecule has 130 valence electrons. The smallest absolute Gasteiger partial charge is 0.253 e. The molecule has 0 aliphatic carbocycles. The van der Waals surface area contributed by atoms with Crippen LogP contribution < -0.4 is 5.32 Å². The summed E-state index contributed by atoms with van der Waals surface area (Å²) in [7, 11) is 0. The number of rotatable bonds is 5. The van der Waals surface area contributed by atoms with Crippen molar-refractivity contribution in [3.63, 3.8) is 0 Å². The van der Waals surface area contributed by atoms with Crippen LogP contribution >= 0.6 is 36.6 Å². The molecule has 0 saturated carbocycles. The van der Waals surface area contributed by atoms with E-state index in [4.69, 9.17) is 4.74 Å². The minimum Gasteiger partial charge on any atom is -0.368 e. The number of aromatic nitrogens is 2. The SMILES string of the molecule is Cl.Cl.O=C(Nc1cccnc1SCc1ccccn1)C1CCCO1.